The Hall–Kier alpha value is -0.545. The molecule has 1 unspecified atom stereocenters. The molecule has 1 aliphatic carbocycles. The van der Waals surface area contributed by atoms with Gasteiger partial charge in [-0.3, -0.25) is 4.79 Å². The highest BCUT2D eigenvalue weighted by Gasteiger charge is 2.69. The van der Waals surface area contributed by atoms with E-state index < -0.39 is 7.05 Å². The molecular formula is C10H18BNO3. The molecule has 1 aliphatic heterocycles. The number of carbonyl (C=O) groups is 1. The summed E-state index contributed by atoms with van der Waals surface area (Å²) in [5.74, 6) is 0.657. The first kappa shape index (κ1) is 11.0. The first-order valence-corrected chi connectivity index (χ1v) is 5.43. The van der Waals surface area contributed by atoms with E-state index in [-0.39, 0.29) is 17.4 Å². The molecule has 0 amide bonds. The lowest BCUT2D eigenvalue weighted by atomic mass is 9.81. The lowest BCUT2D eigenvalue weighted by Gasteiger charge is -2.29. The van der Waals surface area contributed by atoms with E-state index in [0.29, 0.717) is 11.8 Å². The van der Waals surface area contributed by atoms with E-state index in [1.165, 1.54) is 7.11 Å². The molecule has 4 nitrogen and oxygen atoms in total. The van der Waals surface area contributed by atoms with Gasteiger partial charge in [0.2, 0.25) is 0 Å². The van der Waals surface area contributed by atoms with Crippen LogP contribution in [-0.2, 0) is 9.53 Å². The number of nitrogens with zero attached hydrogens (tertiary/aromatic N) is 1. The molecule has 1 saturated heterocycles. The van der Waals surface area contributed by atoms with Gasteiger partial charge in [-0.25, -0.2) is 0 Å². The molecule has 1 heterocycles. The first-order valence-electron chi connectivity index (χ1n) is 5.43. The van der Waals surface area contributed by atoms with Crippen LogP contribution < -0.4 is 0 Å². The highest BCUT2D eigenvalue weighted by atomic mass is 16.5. The van der Waals surface area contributed by atoms with Crippen LogP contribution in [0.2, 0.25) is 6.82 Å². The molecule has 0 spiro atoms. The van der Waals surface area contributed by atoms with Crippen LogP contribution in [-0.4, -0.2) is 42.6 Å². The molecule has 1 saturated carbocycles. The van der Waals surface area contributed by atoms with E-state index in [2.05, 4.69) is 13.8 Å². The molecule has 84 valence electrons. The van der Waals surface area contributed by atoms with Crippen LogP contribution in [0, 0.1) is 17.3 Å². The third kappa shape index (κ3) is 1.40. The Morgan fingerprint density at radius 3 is 2.67 bits per heavy atom. The Balaban J connectivity index is 2.18. The van der Waals surface area contributed by atoms with E-state index >= 15 is 0 Å². The minimum absolute atomic E-state index is 0.214. The highest BCUT2D eigenvalue weighted by Crippen LogP contribution is 2.64. The molecule has 2 aliphatic rings. The minimum atomic E-state index is -0.572. The summed E-state index contributed by atoms with van der Waals surface area (Å²) in [6.45, 7) is 6.86. The van der Waals surface area contributed by atoms with Gasteiger partial charge in [0.1, 0.15) is 6.04 Å². The third-order valence-electron chi connectivity index (χ3n) is 4.17. The highest BCUT2D eigenvalue weighted by molar-refractivity contribution is 6.46. The average molecular weight is 211 g/mol. The smallest absolute Gasteiger partial charge is 0.377 e. The van der Waals surface area contributed by atoms with Crippen molar-refractivity contribution in [3.05, 3.63) is 0 Å². The van der Waals surface area contributed by atoms with Crippen LogP contribution in [0.4, 0.5) is 0 Å². The van der Waals surface area contributed by atoms with Crippen LogP contribution in [0.1, 0.15) is 13.8 Å². The average Bonchev–Trinajstić information content (AvgIpc) is 2.60. The van der Waals surface area contributed by atoms with Crippen LogP contribution in [0.25, 0.3) is 0 Å². The van der Waals surface area contributed by atoms with Crippen molar-refractivity contribution < 1.29 is 14.6 Å². The Bertz CT molecular complexity index is 290. The topological polar surface area (TPSA) is 49.8 Å². The number of carbonyl (C=O) groups excluding carboxylic acids is 1. The van der Waals surface area contributed by atoms with Crippen LogP contribution in [0.15, 0.2) is 0 Å². The number of rotatable bonds is 2. The van der Waals surface area contributed by atoms with Gasteiger partial charge in [-0.2, -0.15) is 0 Å². The van der Waals surface area contributed by atoms with Gasteiger partial charge in [-0.05, 0) is 30.6 Å². The van der Waals surface area contributed by atoms with Gasteiger partial charge in [0, 0.05) is 0 Å². The first-order chi connectivity index (χ1) is 6.91. The summed E-state index contributed by atoms with van der Waals surface area (Å²) in [5.41, 5.74) is 0.226. The zero-order valence-electron chi connectivity index (χ0n) is 9.73. The molecule has 0 aromatic heterocycles. The number of hydrogen-bond donors (Lipinski definition) is 1. The van der Waals surface area contributed by atoms with Gasteiger partial charge in [0.25, 0.3) is 0 Å². The van der Waals surface area contributed by atoms with Crippen molar-refractivity contribution in [2.24, 2.45) is 17.3 Å². The molecule has 0 aromatic carbocycles. The van der Waals surface area contributed by atoms with Gasteiger partial charge in [0.15, 0.2) is 0 Å². The lowest BCUT2D eigenvalue weighted by Crippen LogP contribution is -2.49. The normalized spacial score (nSPS) is 37.3. The van der Waals surface area contributed by atoms with Crippen molar-refractivity contribution in [3.63, 3.8) is 0 Å². The fourth-order valence-corrected chi connectivity index (χ4v) is 3.10. The summed E-state index contributed by atoms with van der Waals surface area (Å²) in [5, 5.41) is 9.59. The second-order valence-electron chi connectivity index (χ2n) is 5.25. The number of ether oxygens (including phenoxy) is 1. The lowest BCUT2D eigenvalue weighted by molar-refractivity contribution is -0.145. The Morgan fingerprint density at radius 2 is 2.20 bits per heavy atom. The monoisotopic (exact) mass is 211 g/mol. The van der Waals surface area contributed by atoms with E-state index in [9.17, 15) is 9.82 Å². The van der Waals surface area contributed by atoms with Gasteiger partial charge < -0.3 is 14.6 Å². The van der Waals surface area contributed by atoms with Crippen molar-refractivity contribution in [3.8, 4) is 0 Å². The number of hydrogen-bond acceptors (Lipinski definition) is 4. The molecule has 3 atom stereocenters. The summed E-state index contributed by atoms with van der Waals surface area (Å²) in [6, 6.07) is -0.255. The second-order valence-corrected chi connectivity index (χ2v) is 5.25. The quantitative estimate of drug-likeness (QED) is 0.524. The van der Waals surface area contributed by atoms with E-state index in [0.717, 1.165) is 6.54 Å². The Labute approximate surface area is 90.7 Å². The standard InChI is InChI=1S/C10H18BNO3/c1-10(2)6-5-12(11(3)14)8(7(6)10)9(13)15-4/h6-8,14H,5H2,1-4H3/t6?,7-,8-/m0/s1. The molecule has 0 aromatic rings. The van der Waals surface area contributed by atoms with Gasteiger partial charge >= 0.3 is 13.0 Å². The molecule has 1 N–H and O–H groups in total. The fourth-order valence-electron chi connectivity index (χ4n) is 3.10. The Kier molecular flexibility index (Phi) is 2.35. The van der Waals surface area contributed by atoms with Crippen LogP contribution in [0.3, 0.4) is 0 Å². The maximum Gasteiger partial charge on any atom is 0.377 e. The van der Waals surface area contributed by atoms with E-state index in [1.807, 2.05) is 4.81 Å². The van der Waals surface area contributed by atoms with Gasteiger partial charge in [-0.1, -0.05) is 13.8 Å². The van der Waals surface area contributed by atoms with Crippen molar-refractivity contribution >= 4 is 13.0 Å². The third-order valence-corrected chi connectivity index (χ3v) is 4.17. The summed E-state index contributed by atoms with van der Waals surface area (Å²) >= 11 is 0. The molecule has 15 heavy (non-hydrogen) atoms. The molecule has 2 fully saturated rings. The van der Waals surface area contributed by atoms with E-state index in [4.69, 9.17) is 4.74 Å². The number of esters is 1. The fraction of sp³-hybridized carbons (Fsp3) is 0.900. The summed E-state index contributed by atoms with van der Waals surface area (Å²) in [6.07, 6.45) is 0. The molecular weight excluding hydrogens is 193 g/mol. The molecule has 2 rings (SSSR count). The summed E-state index contributed by atoms with van der Waals surface area (Å²) < 4.78 is 4.81. The SMILES string of the molecule is COC(=O)[C@@H]1[C@@H]2C(CN1B(C)O)C2(C)C. The van der Waals surface area contributed by atoms with Gasteiger partial charge in [0.05, 0.1) is 7.11 Å². The number of fused-ring (bicyclic) bond motifs is 1. The Morgan fingerprint density at radius 1 is 1.60 bits per heavy atom. The predicted molar refractivity (Wildman–Crippen MR) is 57.1 cm³/mol. The maximum atomic E-state index is 11.7. The van der Waals surface area contributed by atoms with Gasteiger partial charge in [-0.15, -0.1) is 0 Å². The minimum Gasteiger partial charge on any atom is -0.468 e. The van der Waals surface area contributed by atoms with E-state index in [1.54, 1.807) is 6.82 Å². The second kappa shape index (κ2) is 3.22. The molecule has 0 radical (unpaired) electrons. The van der Waals surface area contributed by atoms with Crippen molar-refractivity contribution in [2.45, 2.75) is 26.7 Å². The zero-order valence-corrected chi connectivity index (χ0v) is 9.73. The van der Waals surface area contributed by atoms with Crippen molar-refractivity contribution in [1.82, 2.24) is 4.81 Å². The van der Waals surface area contributed by atoms with Crippen LogP contribution >= 0.6 is 0 Å². The predicted octanol–water partition coefficient (Wildman–Crippen LogP) is 0.226. The van der Waals surface area contributed by atoms with Crippen molar-refractivity contribution in [1.29, 1.82) is 0 Å². The molecule has 0 bridgehead atoms. The molecule has 5 heteroatoms. The van der Waals surface area contributed by atoms with Crippen molar-refractivity contribution in [2.75, 3.05) is 13.7 Å². The van der Waals surface area contributed by atoms with Crippen LogP contribution in [0.5, 0.6) is 0 Å². The number of methoxy groups -OCH3 is 1. The maximum absolute atomic E-state index is 11.7. The zero-order chi connectivity index (χ0) is 11.4. The summed E-state index contributed by atoms with van der Waals surface area (Å²) in [4.78, 5) is 13.5. The largest absolute Gasteiger partial charge is 0.468 e. The number of piperidine rings is 1. The summed E-state index contributed by atoms with van der Waals surface area (Å²) in [7, 11) is 0.836.